The zero-order valence-electron chi connectivity index (χ0n) is 12.9. The molecule has 2 rings (SSSR count). The van der Waals surface area contributed by atoms with Crippen LogP contribution in [-0.4, -0.2) is 62.3 Å². The molecule has 1 heterocycles. The normalized spacial score (nSPS) is 30.4. The van der Waals surface area contributed by atoms with Gasteiger partial charge in [0.1, 0.15) is 13.1 Å². The van der Waals surface area contributed by atoms with Gasteiger partial charge in [-0.2, -0.15) is 0 Å². The van der Waals surface area contributed by atoms with Gasteiger partial charge in [0.2, 0.25) is 0 Å². The fourth-order valence-corrected chi connectivity index (χ4v) is 3.79. The summed E-state index contributed by atoms with van der Waals surface area (Å²) in [6.45, 7) is 12.7. The van der Waals surface area contributed by atoms with Crippen LogP contribution in [0.15, 0.2) is 12.2 Å². The summed E-state index contributed by atoms with van der Waals surface area (Å²) in [6.07, 6.45) is 7.50. The lowest BCUT2D eigenvalue weighted by Gasteiger charge is -2.37. The smallest absolute Gasteiger partial charge is 0.128 e. The van der Waals surface area contributed by atoms with Gasteiger partial charge in [-0.05, 0) is 26.7 Å². The van der Waals surface area contributed by atoms with Crippen molar-refractivity contribution in [1.82, 2.24) is 0 Å². The molecule has 0 bridgehead atoms. The molecule has 1 aliphatic heterocycles. The predicted octanol–water partition coefficient (Wildman–Crippen LogP) is 2.52. The molecule has 18 heavy (non-hydrogen) atoms. The van der Waals surface area contributed by atoms with Crippen molar-refractivity contribution in [3.63, 3.8) is 0 Å². The van der Waals surface area contributed by atoms with E-state index in [2.05, 4.69) is 40.1 Å². The van der Waals surface area contributed by atoms with Gasteiger partial charge in [0.25, 0.3) is 0 Å². The van der Waals surface area contributed by atoms with Gasteiger partial charge in [-0.1, -0.05) is 12.2 Å². The van der Waals surface area contributed by atoms with Crippen LogP contribution in [0.25, 0.3) is 0 Å². The summed E-state index contributed by atoms with van der Waals surface area (Å²) < 4.78 is 2.56. The lowest BCUT2D eigenvalue weighted by Crippen LogP contribution is -2.53. The molecule has 1 aliphatic carbocycles. The molecule has 2 aliphatic rings. The van der Waals surface area contributed by atoms with E-state index in [9.17, 15) is 0 Å². The largest absolute Gasteiger partial charge is 0.322 e. The van der Waals surface area contributed by atoms with Gasteiger partial charge >= 0.3 is 0 Å². The molecule has 0 aromatic rings. The van der Waals surface area contributed by atoms with Crippen LogP contribution in [0.2, 0.25) is 0 Å². The summed E-state index contributed by atoms with van der Waals surface area (Å²) in [5.41, 5.74) is 0. The van der Waals surface area contributed by atoms with Gasteiger partial charge in [0.05, 0.1) is 40.3 Å². The molecule has 2 nitrogen and oxygen atoms in total. The minimum absolute atomic E-state index is 0.974. The number of quaternary nitrogens is 2. The fourth-order valence-electron chi connectivity index (χ4n) is 3.79. The lowest BCUT2D eigenvalue weighted by molar-refractivity contribution is -0.958. The van der Waals surface area contributed by atoms with E-state index in [1.807, 2.05) is 0 Å². The van der Waals surface area contributed by atoms with Crippen LogP contribution in [0.1, 0.15) is 26.7 Å². The highest BCUT2D eigenvalue weighted by molar-refractivity contribution is 4.96. The zero-order valence-corrected chi connectivity index (χ0v) is 12.9. The standard InChI is InChI=1S/C16H32N2/c1-5-17(3,6-2)11-12-18(4)13-15-9-7-8-10-16(15)14-18/h7-8,15-16H,5-6,9-14H2,1-4H3/q+2/t15-,16-/m1/s1. The highest BCUT2D eigenvalue weighted by Gasteiger charge is 2.43. The minimum Gasteiger partial charge on any atom is -0.322 e. The first-order valence-corrected chi connectivity index (χ1v) is 7.82. The first-order valence-electron chi connectivity index (χ1n) is 7.82. The summed E-state index contributed by atoms with van der Waals surface area (Å²) in [6, 6.07) is 0. The van der Waals surface area contributed by atoms with E-state index in [4.69, 9.17) is 0 Å². The molecule has 0 saturated carbocycles. The summed E-state index contributed by atoms with van der Waals surface area (Å²) in [4.78, 5) is 0. The maximum absolute atomic E-state index is 2.49. The molecule has 2 atom stereocenters. The molecule has 0 amide bonds. The average molecular weight is 252 g/mol. The minimum atomic E-state index is 0.974. The highest BCUT2D eigenvalue weighted by atomic mass is 15.4. The van der Waals surface area contributed by atoms with Crippen LogP contribution in [0.5, 0.6) is 0 Å². The molecule has 2 heteroatoms. The third-order valence-corrected chi connectivity index (χ3v) is 5.77. The third kappa shape index (κ3) is 2.97. The zero-order chi connectivity index (χ0) is 13.2. The van der Waals surface area contributed by atoms with Gasteiger partial charge in [0, 0.05) is 11.8 Å². The summed E-state index contributed by atoms with van der Waals surface area (Å²) in [5.74, 6) is 1.95. The predicted molar refractivity (Wildman–Crippen MR) is 78.3 cm³/mol. The lowest BCUT2D eigenvalue weighted by atomic mass is 9.86. The van der Waals surface area contributed by atoms with Crippen molar-refractivity contribution < 1.29 is 8.97 Å². The quantitative estimate of drug-likeness (QED) is 0.521. The second-order valence-corrected chi connectivity index (χ2v) is 7.15. The third-order valence-electron chi connectivity index (χ3n) is 5.77. The molecule has 0 unspecified atom stereocenters. The van der Waals surface area contributed by atoms with Gasteiger partial charge < -0.3 is 8.97 Å². The number of likely N-dealkylation sites (tertiary alicyclic amines) is 1. The fraction of sp³-hybridized carbons (Fsp3) is 0.875. The molecular weight excluding hydrogens is 220 g/mol. The van der Waals surface area contributed by atoms with Gasteiger partial charge in [-0.3, -0.25) is 0 Å². The molecule has 104 valence electrons. The maximum atomic E-state index is 2.49. The van der Waals surface area contributed by atoms with E-state index in [-0.39, 0.29) is 0 Å². The Hall–Kier alpha value is -0.340. The number of fused-ring (bicyclic) bond motifs is 1. The van der Waals surface area contributed by atoms with Crippen LogP contribution >= 0.6 is 0 Å². The number of nitrogens with zero attached hydrogens (tertiary/aromatic N) is 2. The Balaban J connectivity index is 1.90. The molecular formula is C16H32N2+2. The van der Waals surface area contributed by atoms with E-state index >= 15 is 0 Å². The summed E-state index contributed by atoms with van der Waals surface area (Å²) in [7, 11) is 4.91. The first-order chi connectivity index (χ1) is 8.50. The molecule has 0 radical (unpaired) electrons. The summed E-state index contributed by atoms with van der Waals surface area (Å²) >= 11 is 0. The SMILES string of the molecule is CC[N+](C)(CC)CC[N+]1(C)C[C@H]2CC=CC[C@@H]2C1. The van der Waals surface area contributed by atoms with Crippen molar-refractivity contribution in [2.45, 2.75) is 26.7 Å². The number of hydrogen-bond acceptors (Lipinski definition) is 0. The van der Waals surface area contributed by atoms with Gasteiger partial charge in [-0.25, -0.2) is 0 Å². The monoisotopic (exact) mass is 252 g/mol. The summed E-state index contributed by atoms with van der Waals surface area (Å²) in [5, 5.41) is 0. The number of hydrogen-bond donors (Lipinski definition) is 0. The van der Waals surface area contributed by atoms with Crippen molar-refractivity contribution in [2.24, 2.45) is 11.8 Å². The molecule has 0 N–H and O–H groups in total. The van der Waals surface area contributed by atoms with Gasteiger partial charge in [0.15, 0.2) is 0 Å². The van der Waals surface area contributed by atoms with E-state index in [0.29, 0.717) is 0 Å². The number of allylic oxidation sites excluding steroid dienone is 2. The molecule has 1 saturated heterocycles. The van der Waals surface area contributed by atoms with Crippen LogP contribution in [0, 0.1) is 11.8 Å². The molecule has 0 spiro atoms. The highest BCUT2D eigenvalue weighted by Crippen LogP contribution is 2.36. The van der Waals surface area contributed by atoms with Crippen molar-refractivity contribution in [3.8, 4) is 0 Å². The Morgan fingerprint density at radius 2 is 1.56 bits per heavy atom. The van der Waals surface area contributed by atoms with Crippen molar-refractivity contribution in [2.75, 3.05) is 53.4 Å². The maximum Gasteiger partial charge on any atom is 0.128 e. The van der Waals surface area contributed by atoms with E-state index in [0.717, 1.165) is 11.8 Å². The topological polar surface area (TPSA) is 0 Å². The number of likely N-dealkylation sites (N-methyl/N-ethyl adjacent to an activating group) is 2. The Kier molecular flexibility index (Phi) is 4.18. The van der Waals surface area contributed by atoms with Crippen molar-refractivity contribution in [1.29, 1.82) is 0 Å². The molecule has 1 fully saturated rings. The molecule has 0 aromatic heterocycles. The van der Waals surface area contributed by atoms with Gasteiger partial charge in [-0.15, -0.1) is 0 Å². The number of rotatable bonds is 5. The van der Waals surface area contributed by atoms with Crippen molar-refractivity contribution >= 4 is 0 Å². The van der Waals surface area contributed by atoms with Crippen LogP contribution < -0.4 is 0 Å². The van der Waals surface area contributed by atoms with Crippen LogP contribution in [0.4, 0.5) is 0 Å². The Labute approximate surface area is 113 Å². The average Bonchev–Trinajstić information content (AvgIpc) is 2.73. The van der Waals surface area contributed by atoms with Crippen LogP contribution in [0.3, 0.4) is 0 Å². The Bertz CT molecular complexity index is 288. The Morgan fingerprint density at radius 3 is 2.00 bits per heavy atom. The Morgan fingerprint density at radius 1 is 1.06 bits per heavy atom. The van der Waals surface area contributed by atoms with E-state index < -0.39 is 0 Å². The van der Waals surface area contributed by atoms with E-state index in [1.165, 1.54) is 61.1 Å². The van der Waals surface area contributed by atoms with E-state index in [1.54, 1.807) is 0 Å². The molecule has 0 aromatic carbocycles. The first kappa shape index (κ1) is 14.1. The second kappa shape index (κ2) is 5.34. The van der Waals surface area contributed by atoms with Crippen molar-refractivity contribution in [3.05, 3.63) is 12.2 Å². The van der Waals surface area contributed by atoms with Crippen LogP contribution in [-0.2, 0) is 0 Å². The second-order valence-electron chi connectivity index (χ2n) is 7.15.